The average molecular weight is 272 g/mol. The summed E-state index contributed by atoms with van der Waals surface area (Å²) in [4.78, 5) is 0. The van der Waals surface area contributed by atoms with E-state index in [-0.39, 0.29) is 6.61 Å². The molecule has 0 aliphatic heterocycles. The smallest absolute Gasteiger partial charge is 0.174 e. The lowest BCUT2D eigenvalue weighted by atomic mass is 10.1. The molecule has 0 spiro atoms. The molecule has 4 nitrogen and oxygen atoms in total. The van der Waals surface area contributed by atoms with Gasteiger partial charge in [-0.2, -0.15) is 5.26 Å². The molecule has 1 fully saturated rings. The van der Waals surface area contributed by atoms with Crippen LogP contribution in [-0.2, 0) is 0 Å². The zero-order valence-electron chi connectivity index (χ0n) is 12.0. The van der Waals surface area contributed by atoms with Gasteiger partial charge < -0.3 is 14.8 Å². The molecule has 0 amide bonds. The molecule has 0 heterocycles. The first-order valence-corrected chi connectivity index (χ1v) is 6.81. The fourth-order valence-corrected chi connectivity index (χ4v) is 1.93. The Morgan fingerprint density at radius 2 is 2.25 bits per heavy atom. The minimum absolute atomic E-state index is 0.0237. The van der Waals surface area contributed by atoms with Crippen LogP contribution in [0.25, 0.3) is 6.08 Å². The molecule has 1 aliphatic carbocycles. The van der Waals surface area contributed by atoms with Crippen molar-refractivity contribution in [1.29, 1.82) is 5.26 Å². The third kappa shape index (κ3) is 4.29. The van der Waals surface area contributed by atoms with Gasteiger partial charge in [0, 0.05) is 12.6 Å². The molecular formula is C16H20N2O2. The van der Waals surface area contributed by atoms with Gasteiger partial charge in [-0.1, -0.05) is 17.7 Å². The molecule has 1 aliphatic rings. The zero-order valence-corrected chi connectivity index (χ0v) is 12.0. The van der Waals surface area contributed by atoms with Gasteiger partial charge in [0.2, 0.25) is 0 Å². The summed E-state index contributed by atoms with van der Waals surface area (Å²) < 4.78 is 10.6. The van der Waals surface area contributed by atoms with Gasteiger partial charge in [0.25, 0.3) is 0 Å². The number of benzene rings is 1. The molecule has 1 saturated carbocycles. The quantitative estimate of drug-likeness (QED) is 0.829. The topological polar surface area (TPSA) is 54.3 Å². The van der Waals surface area contributed by atoms with Crippen molar-refractivity contribution in [3.8, 4) is 17.6 Å². The lowest BCUT2D eigenvalue weighted by Crippen LogP contribution is -2.18. The molecule has 4 heteroatoms. The minimum Gasteiger partial charge on any atom is -0.493 e. The number of ether oxygens (including phenoxy) is 2. The number of methoxy groups -OCH3 is 1. The zero-order chi connectivity index (χ0) is 14.4. The van der Waals surface area contributed by atoms with Crippen LogP contribution >= 0.6 is 0 Å². The van der Waals surface area contributed by atoms with Crippen LogP contribution in [0.15, 0.2) is 23.8 Å². The summed E-state index contributed by atoms with van der Waals surface area (Å²) in [6.07, 6.45) is 4.73. The lowest BCUT2D eigenvalue weighted by Gasteiger charge is -2.09. The van der Waals surface area contributed by atoms with E-state index in [1.807, 2.05) is 24.3 Å². The summed E-state index contributed by atoms with van der Waals surface area (Å²) in [6.45, 7) is 3.05. The summed E-state index contributed by atoms with van der Waals surface area (Å²) in [5, 5.41) is 12.0. The maximum absolute atomic E-state index is 8.54. The minimum atomic E-state index is 0.0237. The van der Waals surface area contributed by atoms with E-state index in [0.29, 0.717) is 11.5 Å². The van der Waals surface area contributed by atoms with Crippen molar-refractivity contribution in [3.05, 3.63) is 29.3 Å². The van der Waals surface area contributed by atoms with Gasteiger partial charge in [-0.25, -0.2) is 0 Å². The number of nitriles is 1. The monoisotopic (exact) mass is 272 g/mol. The highest BCUT2D eigenvalue weighted by molar-refractivity contribution is 5.58. The summed E-state index contributed by atoms with van der Waals surface area (Å²) in [7, 11) is 1.60. The number of hydrogen-bond acceptors (Lipinski definition) is 4. The van der Waals surface area contributed by atoms with Crippen LogP contribution < -0.4 is 14.8 Å². The Morgan fingerprint density at radius 3 is 2.90 bits per heavy atom. The highest BCUT2D eigenvalue weighted by atomic mass is 16.5. The lowest BCUT2D eigenvalue weighted by molar-refractivity contribution is 0.329. The molecule has 1 aromatic carbocycles. The van der Waals surface area contributed by atoms with Crippen molar-refractivity contribution in [2.45, 2.75) is 25.8 Å². The van der Waals surface area contributed by atoms with Crippen molar-refractivity contribution >= 4 is 6.08 Å². The van der Waals surface area contributed by atoms with Crippen LogP contribution in [0.5, 0.6) is 11.5 Å². The molecule has 0 saturated heterocycles. The summed E-state index contributed by atoms with van der Waals surface area (Å²) in [5.74, 6) is 1.25. The van der Waals surface area contributed by atoms with E-state index in [1.165, 1.54) is 18.4 Å². The third-order valence-electron chi connectivity index (χ3n) is 3.14. The highest BCUT2D eigenvalue weighted by Crippen LogP contribution is 2.29. The van der Waals surface area contributed by atoms with Gasteiger partial charge in [0.1, 0.15) is 6.07 Å². The Kier molecular flexibility index (Phi) is 5.03. The fraction of sp³-hybridized carbons (Fsp3) is 0.438. The van der Waals surface area contributed by atoms with Crippen LogP contribution in [-0.4, -0.2) is 26.3 Å². The van der Waals surface area contributed by atoms with Gasteiger partial charge in [-0.3, -0.25) is 0 Å². The second-order valence-electron chi connectivity index (χ2n) is 5.00. The largest absolute Gasteiger partial charge is 0.493 e. The molecule has 20 heavy (non-hydrogen) atoms. The normalized spacial score (nSPS) is 14.8. The molecule has 0 radical (unpaired) electrons. The van der Waals surface area contributed by atoms with E-state index in [2.05, 4.69) is 18.3 Å². The highest BCUT2D eigenvalue weighted by Gasteiger charge is 2.19. The second kappa shape index (κ2) is 6.97. The van der Waals surface area contributed by atoms with Crippen molar-refractivity contribution in [1.82, 2.24) is 5.32 Å². The second-order valence-corrected chi connectivity index (χ2v) is 5.00. The average Bonchev–Trinajstić information content (AvgIpc) is 3.27. The Balaban J connectivity index is 2.03. The molecule has 0 aromatic heterocycles. The van der Waals surface area contributed by atoms with E-state index < -0.39 is 0 Å². The van der Waals surface area contributed by atoms with E-state index in [4.69, 9.17) is 14.7 Å². The SMILES string of the molecule is COc1cc(C=C(C)CNC2CC2)ccc1OCC#N. The maximum atomic E-state index is 8.54. The van der Waals surface area contributed by atoms with Crippen LogP contribution in [0.2, 0.25) is 0 Å². The van der Waals surface area contributed by atoms with Crippen LogP contribution in [0, 0.1) is 11.3 Å². The Hall–Kier alpha value is -1.99. The van der Waals surface area contributed by atoms with Crippen LogP contribution in [0.3, 0.4) is 0 Å². The number of nitrogens with one attached hydrogen (secondary N) is 1. The first-order chi connectivity index (χ1) is 9.72. The molecular weight excluding hydrogens is 252 g/mol. The van der Waals surface area contributed by atoms with Crippen LogP contribution in [0.1, 0.15) is 25.3 Å². The van der Waals surface area contributed by atoms with E-state index in [0.717, 1.165) is 18.2 Å². The molecule has 0 unspecified atom stereocenters. The maximum Gasteiger partial charge on any atom is 0.174 e. The summed E-state index contributed by atoms with van der Waals surface area (Å²) in [5.41, 5.74) is 2.35. The van der Waals surface area contributed by atoms with Gasteiger partial charge in [-0.15, -0.1) is 0 Å². The van der Waals surface area contributed by atoms with Gasteiger partial charge in [-0.05, 0) is 37.5 Å². The third-order valence-corrected chi connectivity index (χ3v) is 3.14. The first-order valence-electron chi connectivity index (χ1n) is 6.81. The number of nitrogens with zero attached hydrogens (tertiary/aromatic N) is 1. The molecule has 0 atom stereocenters. The Labute approximate surface area is 120 Å². The van der Waals surface area contributed by atoms with Gasteiger partial charge in [0.15, 0.2) is 18.1 Å². The Bertz CT molecular complexity index is 528. The van der Waals surface area contributed by atoms with Gasteiger partial charge >= 0.3 is 0 Å². The van der Waals surface area contributed by atoms with Crippen LogP contribution in [0.4, 0.5) is 0 Å². The summed E-state index contributed by atoms with van der Waals surface area (Å²) in [6, 6.07) is 8.40. The van der Waals surface area contributed by atoms with Crippen molar-refractivity contribution in [3.63, 3.8) is 0 Å². The molecule has 2 rings (SSSR count). The van der Waals surface area contributed by atoms with Gasteiger partial charge in [0.05, 0.1) is 7.11 Å². The summed E-state index contributed by atoms with van der Waals surface area (Å²) >= 11 is 0. The standard InChI is InChI=1S/C16H20N2O2/c1-12(11-18-14-4-5-14)9-13-3-6-15(20-8-7-17)16(10-13)19-2/h3,6,9-10,14,18H,4-5,8,11H2,1-2H3. The Morgan fingerprint density at radius 1 is 1.45 bits per heavy atom. The number of hydrogen-bond donors (Lipinski definition) is 1. The predicted octanol–water partition coefficient (Wildman–Crippen LogP) is 2.75. The predicted molar refractivity (Wildman–Crippen MR) is 78.8 cm³/mol. The molecule has 0 bridgehead atoms. The van der Waals surface area contributed by atoms with E-state index >= 15 is 0 Å². The van der Waals surface area contributed by atoms with Crippen molar-refractivity contribution in [2.24, 2.45) is 0 Å². The molecule has 1 aromatic rings. The molecule has 1 N–H and O–H groups in total. The van der Waals surface area contributed by atoms with Crippen molar-refractivity contribution < 1.29 is 9.47 Å². The van der Waals surface area contributed by atoms with E-state index in [1.54, 1.807) is 7.11 Å². The van der Waals surface area contributed by atoms with Crippen molar-refractivity contribution in [2.75, 3.05) is 20.3 Å². The number of rotatable bonds is 7. The van der Waals surface area contributed by atoms with E-state index in [9.17, 15) is 0 Å². The molecule has 106 valence electrons. The fourth-order valence-electron chi connectivity index (χ4n) is 1.93. The first kappa shape index (κ1) is 14.4.